The zero-order valence-corrected chi connectivity index (χ0v) is 14.3. The highest BCUT2D eigenvalue weighted by atomic mass is 16.6. The predicted molar refractivity (Wildman–Crippen MR) is 95.0 cm³/mol. The van der Waals surface area contributed by atoms with Gasteiger partial charge >= 0.3 is 0 Å². The van der Waals surface area contributed by atoms with E-state index in [9.17, 15) is 14.9 Å². The molecule has 0 aliphatic rings. The number of hydrogen-bond donors (Lipinski definition) is 1. The van der Waals surface area contributed by atoms with Gasteiger partial charge in [-0.1, -0.05) is 29.8 Å². The van der Waals surface area contributed by atoms with Crippen LogP contribution in [0.2, 0.25) is 0 Å². The Kier molecular flexibility index (Phi) is 5.84. The summed E-state index contributed by atoms with van der Waals surface area (Å²) in [6, 6.07) is 10.1. The average Bonchev–Trinajstić information content (AvgIpc) is 2.54. The zero-order chi connectivity index (χ0) is 18.4. The van der Waals surface area contributed by atoms with Crippen molar-refractivity contribution in [3.63, 3.8) is 0 Å². The number of nitrogens with zero attached hydrogens (tertiary/aromatic N) is 2. The molecule has 1 N–H and O–H groups in total. The van der Waals surface area contributed by atoms with E-state index in [1.165, 1.54) is 12.3 Å². The molecule has 0 saturated heterocycles. The minimum Gasteiger partial charge on any atom is -0.483 e. The van der Waals surface area contributed by atoms with Crippen LogP contribution < -0.4 is 10.2 Å². The van der Waals surface area contributed by atoms with E-state index in [1.807, 2.05) is 32.9 Å². The van der Waals surface area contributed by atoms with E-state index in [1.54, 1.807) is 18.2 Å². The molecule has 0 atom stereocenters. The van der Waals surface area contributed by atoms with Gasteiger partial charge in [0, 0.05) is 6.07 Å². The first-order valence-electron chi connectivity index (χ1n) is 7.64. The lowest BCUT2D eigenvalue weighted by molar-refractivity contribution is -0.385. The number of hydrazone groups is 1. The fourth-order valence-electron chi connectivity index (χ4n) is 2.50. The second kappa shape index (κ2) is 8.05. The molecule has 0 bridgehead atoms. The maximum absolute atomic E-state index is 11.8. The first-order valence-corrected chi connectivity index (χ1v) is 7.64. The van der Waals surface area contributed by atoms with Gasteiger partial charge in [0.15, 0.2) is 6.61 Å². The Bertz CT molecular complexity index is 808. The molecule has 0 fully saturated rings. The van der Waals surface area contributed by atoms with E-state index < -0.39 is 10.8 Å². The second-order valence-corrected chi connectivity index (χ2v) is 5.63. The summed E-state index contributed by atoms with van der Waals surface area (Å²) < 4.78 is 5.55. The number of aryl methyl sites for hydroxylation is 3. The Morgan fingerprint density at radius 1 is 1.24 bits per heavy atom. The number of ether oxygens (including phenoxy) is 1. The van der Waals surface area contributed by atoms with Crippen LogP contribution in [0, 0.1) is 30.9 Å². The minimum absolute atomic E-state index is 0.0809. The third-order valence-corrected chi connectivity index (χ3v) is 3.48. The lowest BCUT2D eigenvalue weighted by Gasteiger charge is -2.12. The summed E-state index contributed by atoms with van der Waals surface area (Å²) >= 11 is 0. The fraction of sp³-hybridized carbons (Fsp3) is 0.222. The monoisotopic (exact) mass is 341 g/mol. The quantitative estimate of drug-likeness (QED) is 0.496. The molecule has 130 valence electrons. The Morgan fingerprint density at radius 2 is 1.88 bits per heavy atom. The van der Waals surface area contributed by atoms with E-state index in [0.29, 0.717) is 11.3 Å². The van der Waals surface area contributed by atoms with Crippen molar-refractivity contribution >= 4 is 17.8 Å². The van der Waals surface area contributed by atoms with E-state index in [2.05, 4.69) is 10.5 Å². The van der Waals surface area contributed by atoms with Gasteiger partial charge in [-0.15, -0.1) is 0 Å². The Hall–Kier alpha value is -3.22. The van der Waals surface area contributed by atoms with Gasteiger partial charge in [-0.05, 0) is 38.0 Å². The Morgan fingerprint density at radius 3 is 2.52 bits per heavy atom. The number of carbonyl (C=O) groups excluding carboxylic acids is 1. The third-order valence-electron chi connectivity index (χ3n) is 3.48. The predicted octanol–water partition coefficient (Wildman–Crippen LogP) is 3.05. The summed E-state index contributed by atoms with van der Waals surface area (Å²) in [7, 11) is 0. The van der Waals surface area contributed by atoms with Crippen molar-refractivity contribution in [2.24, 2.45) is 5.10 Å². The van der Waals surface area contributed by atoms with Crippen LogP contribution in [0.4, 0.5) is 5.69 Å². The largest absolute Gasteiger partial charge is 0.483 e. The van der Waals surface area contributed by atoms with Crippen molar-refractivity contribution in [2.45, 2.75) is 20.8 Å². The first kappa shape index (κ1) is 18.1. The number of rotatable bonds is 6. The van der Waals surface area contributed by atoms with Gasteiger partial charge in [-0.2, -0.15) is 5.10 Å². The summed E-state index contributed by atoms with van der Waals surface area (Å²) in [5.74, 6) is 0.220. The van der Waals surface area contributed by atoms with Crippen molar-refractivity contribution in [1.29, 1.82) is 0 Å². The molecule has 0 spiro atoms. The highest BCUT2D eigenvalue weighted by molar-refractivity contribution is 5.86. The number of nitro benzene ring substituents is 1. The molecular weight excluding hydrogens is 322 g/mol. The van der Waals surface area contributed by atoms with Crippen LogP contribution in [0.15, 0.2) is 41.5 Å². The van der Waals surface area contributed by atoms with Gasteiger partial charge in [-0.25, -0.2) is 5.43 Å². The van der Waals surface area contributed by atoms with Crippen molar-refractivity contribution in [1.82, 2.24) is 5.43 Å². The molecule has 1 amide bonds. The maximum atomic E-state index is 11.8. The van der Waals surface area contributed by atoms with Gasteiger partial charge in [0.1, 0.15) is 5.75 Å². The molecule has 7 nitrogen and oxygen atoms in total. The highest BCUT2D eigenvalue weighted by Crippen LogP contribution is 2.24. The lowest BCUT2D eigenvalue weighted by atomic mass is 10.1. The molecule has 2 aromatic rings. The van der Waals surface area contributed by atoms with Gasteiger partial charge in [0.2, 0.25) is 0 Å². The van der Waals surface area contributed by atoms with Crippen LogP contribution in [-0.4, -0.2) is 23.7 Å². The molecular formula is C18H19N3O4. The van der Waals surface area contributed by atoms with E-state index in [4.69, 9.17) is 4.74 Å². The smallest absolute Gasteiger partial charge is 0.278 e. The topological polar surface area (TPSA) is 93.8 Å². The molecule has 0 aliphatic carbocycles. The highest BCUT2D eigenvalue weighted by Gasteiger charge is 2.11. The maximum Gasteiger partial charge on any atom is 0.278 e. The summed E-state index contributed by atoms with van der Waals surface area (Å²) in [6.45, 7) is 5.63. The first-order chi connectivity index (χ1) is 11.9. The van der Waals surface area contributed by atoms with E-state index in [-0.39, 0.29) is 12.3 Å². The number of carbonyl (C=O) groups is 1. The van der Waals surface area contributed by atoms with Crippen LogP contribution >= 0.6 is 0 Å². The molecule has 2 rings (SSSR count). The molecule has 0 heterocycles. The Balaban J connectivity index is 1.95. The van der Waals surface area contributed by atoms with Crippen molar-refractivity contribution in [2.75, 3.05) is 6.61 Å². The van der Waals surface area contributed by atoms with Gasteiger partial charge in [0.25, 0.3) is 11.6 Å². The van der Waals surface area contributed by atoms with Crippen LogP contribution in [0.5, 0.6) is 5.75 Å². The van der Waals surface area contributed by atoms with Gasteiger partial charge in [0.05, 0.1) is 16.7 Å². The normalized spacial score (nSPS) is 10.7. The number of hydrogen-bond acceptors (Lipinski definition) is 5. The van der Waals surface area contributed by atoms with Crippen molar-refractivity contribution in [3.8, 4) is 5.75 Å². The lowest BCUT2D eigenvalue weighted by Crippen LogP contribution is -2.25. The number of nitrogens with one attached hydrogen (secondary N) is 1. The number of nitro groups is 1. The fourth-order valence-corrected chi connectivity index (χ4v) is 2.50. The molecule has 2 aromatic carbocycles. The Labute approximate surface area is 145 Å². The SMILES string of the molecule is Cc1cc(C)c(OCC(=O)N/N=C\c2ccccc2[N+](=O)[O-])c(C)c1. The van der Waals surface area contributed by atoms with Gasteiger partial charge in [-0.3, -0.25) is 14.9 Å². The summed E-state index contributed by atoms with van der Waals surface area (Å²) in [5.41, 5.74) is 5.56. The summed E-state index contributed by atoms with van der Waals surface area (Å²) in [5, 5.41) is 14.6. The van der Waals surface area contributed by atoms with Crippen molar-refractivity contribution < 1.29 is 14.5 Å². The third kappa shape index (κ3) is 4.87. The molecule has 0 saturated carbocycles. The average molecular weight is 341 g/mol. The van der Waals surface area contributed by atoms with E-state index in [0.717, 1.165) is 16.7 Å². The standard InChI is InChI=1S/C18H19N3O4/c1-12-8-13(2)18(14(3)9-12)25-11-17(22)20-19-10-15-6-4-5-7-16(15)21(23)24/h4-10H,11H2,1-3H3,(H,20,22)/b19-10-. The number of benzene rings is 2. The van der Waals surface area contributed by atoms with E-state index >= 15 is 0 Å². The summed E-state index contributed by atoms with van der Waals surface area (Å²) in [6.07, 6.45) is 1.23. The molecule has 7 heteroatoms. The molecule has 0 radical (unpaired) electrons. The van der Waals surface area contributed by atoms with Crippen molar-refractivity contribution in [3.05, 3.63) is 68.8 Å². The van der Waals surface area contributed by atoms with Gasteiger partial charge < -0.3 is 4.74 Å². The van der Waals surface area contributed by atoms with Crippen LogP contribution in [0.1, 0.15) is 22.3 Å². The van der Waals surface area contributed by atoms with Crippen LogP contribution in [-0.2, 0) is 4.79 Å². The second-order valence-electron chi connectivity index (χ2n) is 5.63. The van der Waals surface area contributed by atoms with Crippen LogP contribution in [0.3, 0.4) is 0 Å². The molecule has 0 unspecified atom stereocenters. The minimum atomic E-state index is -0.505. The summed E-state index contributed by atoms with van der Waals surface area (Å²) in [4.78, 5) is 22.2. The number of amides is 1. The molecule has 0 aliphatic heterocycles. The molecule has 25 heavy (non-hydrogen) atoms. The zero-order valence-electron chi connectivity index (χ0n) is 14.3. The molecule has 0 aromatic heterocycles. The van der Waals surface area contributed by atoms with Crippen LogP contribution in [0.25, 0.3) is 0 Å². The number of para-hydroxylation sites is 1.